The van der Waals surface area contributed by atoms with Gasteiger partial charge in [-0.15, -0.1) is 11.3 Å². The Balaban J connectivity index is 1.55. The van der Waals surface area contributed by atoms with Crippen molar-refractivity contribution in [1.82, 2.24) is 9.88 Å². The maximum absolute atomic E-state index is 12.9. The molecule has 3 N–H and O–H groups in total. The van der Waals surface area contributed by atoms with Gasteiger partial charge in [0, 0.05) is 18.6 Å². The van der Waals surface area contributed by atoms with Crippen molar-refractivity contribution in [1.29, 1.82) is 0 Å². The van der Waals surface area contributed by atoms with Crippen molar-refractivity contribution in [3.05, 3.63) is 59.4 Å². The highest BCUT2D eigenvalue weighted by molar-refractivity contribution is 7.91. The zero-order valence-electron chi connectivity index (χ0n) is 16.7. The number of alkyl halides is 3. The second kappa shape index (κ2) is 8.24. The largest absolute Gasteiger partial charge is 0.480 e. The number of nitrogens with zero attached hydrogens (tertiary/aromatic N) is 1. The zero-order chi connectivity index (χ0) is 24.0. The molecule has 33 heavy (non-hydrogen) atoms. The predicted octanol–water partition coefficient (Wildman–Crippen LogP) is 3.25. The van der Waals surface area contributed by atoms with Crippen LogP contribution < -0.4 is 4.72 Å². The van der Waals surface area contributed by atoms with E-state index in [1.807, 2.05) is 0 Å². The highest BCUT2D eigenvalue weighted by Gasteiger charge is 2.63. The number of halogens is 3. The van der Waals surface area contributed by atoms with Crippen LogP contribution in [0, 0.1) is 0 Å². The third kappa shape index (κ3) is 4.53. The monoisotopic (exact) mass is 502 g/mol. The lowest BCUT2D eigenvalue weighted by Crippen LogP contribution is -2.44. The van der Waals surface area contributed by atoms with Crippen molar-refractivity contribution in [2.24, 2.45) is 0 Å². The van der Waals surface area contributed by atoms with Crippen LogP contribution in [0.1, 0.15) is 29.2 Å². The summed E-state index contributed by atoms with van der Waals surface area (Å²) in [6.07, 6.45) is -4.25. The highest BCUT2D eigenvalue weighted by Crippen LogP contribution is 2.52. The zero-order valence-corrected chi connectivity index (χ0v) is 18.3. The molecule has 2 aromatic heterocycles. The summed E-state index contributed by atoms with van der Waals surface area (Å²) < 4.78 is 70.2. The number of aliphatic carboxylic acids is 1. The molecule has 0 amide bonds. The van der Waals surface area contributed by atoms with Gasteiger partial charge in [-0.25, -0.2) is 8.42 Å². The van der Waals surface area contributed by atoms with Gasteiger partial charge in [-0.05, 0) is 36.1 Å². The third-order valence-corrected chi connectivity index (χ3v) is 8.44. The number of hydrogen-bond donors (Lipinski definition) is 3. The number of carboxylic acid groups (broad SMARTS) is 1. The number of benzene rings is 1. The number of carboxylic acids is 1. The van der Waals surface area contributed by atoms with Crippen molar-refractivity contribution < 1.29 is 41.1 Å². The molecule has 0 radical (unpaired) electrons. The molecule has 1 aliphatic carbocycles. The van der Waals surface area contributed by atoms with Crippen LogP contribution >= 0.6 is 11.3 Å². The Morgan fingerprint density at radius 2 is 1.94 bits per heavy atom. The summed E-state index contributed by atoms with van der Waals surface area (Å²) in [7, 11) is -4.29. The molecule has 0 aliphatic heterocycles. The molecule has 13 heteroatoms. The Labute approximate surface area is 189 Å². The first-order valence-corrected chi connectivity index (χ1v) is 11.9. The molecule has 4 rings (SSSR count). The van der Waals surface area contributed by atoms with E-state index in [1.165, 1.54) is 12.1 Å². The van der Waals surface area contributed by atoms with Crippen LogP contribution in [-0.2, 0) is 27.4 Å². The number of aliphatic hydroxyl groups is 1. The SMILES string of the molecule is O=C(O)[C@@]1(NS(=O)(=O)c2ccc(-c3cc(C(F)(F)F)on3)s2)C[C@@H]1c1ccc(CCO)cc1. The normalized spacial score (nSPS) is 20.7. The number of thiophene rings is 1. The summed E-state index contributed by atoms with van der Waals surface area (Å²) in [6, 6.07) is 9.97. The van der Waals surface area contributed by atoms with E-state index in [9.17, 15) is 31.5 Å². The van der Waals surface area contributed by atoms with Gasteiger partial charge in [0.25, 0.3) is 10.0 Å². The van der Waals surface area contributed by atoms with E-state index in [1.54, 1.807) is 24.3 Å². The van der Waals surface area contributed by atoms with Crippen LogP contribution in [0.25, 0.3) is 10.6 Å². The number of rotatable bonds is 8. The second-order valence-electron chi connectivity index (χ2n) is 7.55. The second-order valence-corrected chi connectivity index (χ2v) is 10.5. The van der Waals surface area contributed by atoms with Crippen LogP contribution in [0.15, 0.2) is 51.2 Å². The fourth-order valence-corrected chi connectivity index (χ4v) is 6.18. The lowest BCUT2D eigenvalue weighted by atomic mass is 10.0. The summed E-state index contributed by atoms with van der Waals surface area (Å²) >= 11 is 0.645. The summed E-state index contributed by atoms with van der Waals surface area (Å²) in [4.78, 5) is 12.1. The van der Waals surface area contributed by atoms with E-state index in [0.717, 1.165) is 5.56 Å². The van der Waals surface area contributed by atoms with Crippen molar-refractivity contribution in [3.8, 4) is 10.6 Å². The standard InChI is InChI=1S/C20H17F3N2O6S2/c21-20(22,23)16-9-14(24-31-16)15-5-6-17(32-15)33(29,30)25-19(18(27)28)10-13(19)12-3-1-11(2-4-12)7-8-26/h1-6,9,13,25-26H,7-8,10H2,(H,27,28)/t13-,19-/m1/s1. The quantitative estimate of drug-likeness (QED) is 0.431. The molecule has 1 aromatic carbocycles. The van der Waals surface area contributed by atoms with Crippen LogP contribution in [0.3, 0.4) is 0 Å². The maximum Gasteiger partial charge on any atom is 0.452 e. The molecule has 0 saturated heterocycles. The predicted molar refractivity (Wildman–Crippen MR) is 110 cm³/mol. The molecule has 2 atom stereocenters. The molecule has 8 nitrogen and oxygen atoms in total. The number of sulfonamides is 1. The van der Waals surface area contributed by atoms with Gasteiger partial charge in [-0.1, -0.05) is 29.4 Å². The molecule has 0 spiro atoms. The molecule has 176 valence electrons. The maximum atomic E-state index is 12.9. The van der Waals surface area contributed by atoms with Crippen LogP contribution in [-0.4, -0.2) is 41.9 Å². The molecule has 1 fully saturated rings. The minimum absolute atomic E-state index is 0.0315. The average molecular weight is 502 g/mol. The minimum atomic E-state index is -4.73. The van der Waals surface area contributed by atoms with Gasteiger partial charge in [-0.2, -0.15) is 17.9 Å². The molecule has 1 aliphatic rings. The van der Waals surface area contributed by atoms with Crippen molar-refractivity contribution >= 4 is 27.3 Å². The summed E-state index contributed by atoms with van der Waals surface area (Å²) in [5, 5.41) is 22.1. The first kappa shape index (κ1) is 23.4. The fraction of sp³-hybridized carbons (Fsp3) is 0.300. The Morgan fingerprint density at radius 3 is 2.52 bits per heavy atom. The first-order chi connectivity index (χ1) is 15.5. The highest BCUT2D eigenvalue weighted by atomic mass is 32.2. The van der Waals surface area contributed by atoms with Crippen LogP contribution in [0.2, 0.25) is 0 Å². The van der Waals surface area contributed by atoms with Crippen molar-refractivity contribution in [2.45, 2.75) is 34.7 Å². The lowest BCUT2D eigenvalue weighted by molar-refractivity contribution is -0.155. The smallest absolute Gasteiger partial charge is 0.452 e. The Bertz CT molecular complexity index is 1280. The molecule has 2 heterocycles. The average Bonchev–Trinajstić information content (AvgIpc) is 3.12. The topological polar surface area (TPSA) is 130 Å². The first-order valence-electron chi connectivity index (χ1n) is 9.57. The van der Waals surface area contributed by atoms with E-state index >= 15 is 0 Å². The van der Waals surface area contributed by atoms with Gasteiger partial charge in [0.15, 0.2) is 0 Å². The van der Waals surface area contributed by atoms with E-state index in [-0.39, 0.29) is 27.8 Å². The summed E-state index contributed by atoms with van der Waals surface area (Å²) in [5.41, 5.74) is -0.431. The molecule has 0 bridgehead atoms. The fourth-order valence-electron chi connectivity index (χ4n) is 3.52. The van der Waals surface area contributed by atoms with E-state index < -0.39 is 39.4 Å². The van der Waals surface area contributed by atoms with Gasteiger partial charge >= 0.3 is 12.1 Å². The Morgan fingerprint density at radius 1 is 1.24 bits per heavy atom. The number of nitrogens with one attached hydrogen (secondary N) is 1. The molecule has 0 unspecified atom stereocenters. The van der Waals surface area contributed by atoms with Gasteiger partial charge in [0.1, 0.15) is 15.4 Å². The minimum Gasteiger partial charge on any atom is -0.480 e. The van der Waals surface area contributed by atoms with Crippen LogP contribution in [0.4, 0.5) is 13.2 Å². The molecule has 1 saturated carbocycles. The van der Waals surface area contributed by atoms with Crippen molar-refractivity contribution in [2.75, 3.05) is 6.61 Å². The Kier molecular flexibility index (Phi) is 5.85. The number of aliphatic hydroxyl groups excluding tert-OH is 1. The summed E-state index contributed by atoms with van der Waals surface area (Å²) in [6.45, 7) is -0.0315. The van der Waals surface area contributed by atoms with Crippen LogP contribution in [0.5, 0.6) is 0 Å². The summed E-state index contributed by atoms with van der Waals surface area (Å²) in [5.74, 6) is -3.25. The number of aromatic nitrogens is 1. The number of carbonyl (C=O) groups is 1. The third-order valence-electron chi connectivity index (χ3n) is 5.33. The van der Waals surface area contributed by atoms with E-state index in [2.05, 4.69) is 14.4 Å². The van der Waals surface area contributed by atoms with E-state index in [4.69, 9.17) is 5.11 Å². The van der Waals surface area contributed by atoms with Gasteiger partial charge in [-0.3, -0.25) is 4.79 Å². The molecule has 3 aromatic rings. The van der Waals surface area contributed by atoms with Gasteiger partial charge in [0.2, 0.25) is 5.76 Å². The number of hydrogen-bond acceptors (Lipinski definition) is 7. The Hall–Kier alpha value is -2.74. The molecular weight excluding hydrogens is 485 g/mol. The van der Waals surface area contributed by atoms with E-state index in [0.29, 0.717) is 29.4 Å². The van der Waals surface area contributed by atoms with Crippen molar-refractivity contribution in [3.63, 3.8) is 0 Å². The van der Waals surface area contributed by atoms with Gasteiger partial charge < -0.3 is 14.7 Å². The van der Waals surface area contributed by atoms with Gasteiger partial charge in [0.05, 0.1) is 4.88 Å². The molecular formula is C20H17F3N2O6S2. The lowest BCUT2D eigenvalue weighted by Gasteiger charge is -2.15.